The molecule has 0 saturated carbocycles. The van der Waals surface area contributed by atoms with E-state index in [1.807, 2.05) is 11.8 Å². The van der Waals surface area contributed by atoms with E-state index in [0.29, 0.717) is 53.8 Å². The predicted molar refractivity (Wildman–Crippen MR) is 158 cm³/mol. The Labute approximate surface area is 264 Å². The van der Waals surface area contributed by atoms with Crippen LogP contribution in [0, 0.1) is 0 Å². The predicted octanol–water partition coefficient (Wildman–Crippen LogP) is 8.56. The highest BCUT2D eigenvalue weighted by molar-refractivity contribution is 5.61. The van der Waals surface area contributed by atoms with Gasteiger partial charge in [0.25, 0.3) is 0 Å². The lowest BCUT2D eigenvalue weighted by atomic mass is 10.0. The Bertz CT molecular complexity index is 1660. The third kappa shape index (κ3) is 7.49. The number of benzene rings is 2. The van der Waals surface area contributed by atoms with Gasteiger partial charge in [0, 0.05) is 61.6 Å². The molecule has 0 aliphatic carbocycles. The second-order valence-electron chi connectivity index (χ2n) is 11.5. The van der Waals surface area contributed by atoms with E-state index in [9.17, 15) is 39.5 Å². The van der Waals surface area contributed by atoms with Crippen molar-refractivity contribution in [2.45, 2.75) is 70.3 Å². The smallest absolute Gasteiger partial charge is 0.366 e. The van der Waals surface area contributed by atoms with Crippen molar-refractivity contribution in [2.75, 3.05) is 16.3 Å². The molecule has 1 aliphatic heterocycles. The SMILES string of the molecule is CCc1cc(C(F)(F)F)ccc1N1C[C@@H](N(Cc2cc(C(F)(F)F)cc(C(F)(F)F)c2)c2ncc(-c3cnn(C)c3)cn2)C[C@H]1CC. The molecule has 5 rings (SSSR count). The third-order valence-corrected chi connectivity index (χ3v) is 8.34. The second-order valence-corrected chi connectivity index (χ2v) is 11.5. The Hall–Kier alpha value is -4.30. The number of anilines is 2. The minimum Gasteiger partial charge on any atom is -0.366 e. The molecule has 0 unspecified atom stereocenters. The van der Waals surface area contributed by atoms with Gasteiger partial charge in [-0.05, 0) is 66.8 Å². The van der Waals surface area contributed by atoms with Gasteiger partial charge in [-0.1, -0.05) is 13.8 Å². The van der Waals surface area contributed by atoms with Crippen LogP contribution in [0.15, 0.2) is 61.2 Å². The van der Waals surface area contributed by atoms with E-state index in [4.69, 9.17) is 0 Å². The molecule has 252 valence electrons. The first-order chi connectivity index (χ1) is 22.0. The Morgan fingerprint density at radius 3 is 1.91 bits per heavy atom. The summed E-state index contributed by atoms with van der Waals surface area (Å²) in [5, 5.41) is 4.11. The van der Waals surface area contributed by atoms with Crippen LogP contribution in [0.4, 0.5) is 51.1 Å². The van der Waals surface area contributed by atoms with Crippen LogP contribution in [0.2, 0.25) is 0 Å². The fourth-order valence-corrected chi connectivity index (χ4v) is 5.98. The average Bonchev–Trinajstić information content (AvgIpc) is 3.64. The number of nitrogens with zero attached hydrogens (tertiary/aromatic N) is 6. The van der Waals surface area contributed by atoms with Crippen LogP contribution in [0.3, 0.4) is 0 Å². The molecule has 3 heterocycles. The van der Waals surface area contributed by atoms with Crippen LogP contribution < -0.4 is 9.80 Å². The molecule has 0 spiro atoms. The lowest BCUT2D eigenvalue weighted by molar-refractivity contribution is -0.143. The summed E-state index contributed by atoms with van der Waals surface area (Å²) in [7, 11) is 1.72. The maximum atomic E-state index is 13.7. The van der Waals surface area contributed by atoms with Crippen molar-refractivity contribution in [1.82, 2.24) is 19.7 Å². The zero-order chi connectivity index (χ0) is 34.3. The quantitative estimate of drug-likeness (QED) is 0.176. The van der Waals surface area contributed by atoms with Crippen LogP contribution in [-0.2, 0) is 38.5 Å². The normalized spacial score (nSPS) is 17.4. The minimum atomic E-state index is -5.03. The average molecular weight is 671 g/mol. The molecular formula is C32H31F9N6. The number of hydrogen-bond donors (Lipinski definition) is 0. The van der Waals surface area contributed by atoms with Gasteiger partial charge in [0.15, 0.2) is 0 Å². The highest BCUT2D eigenvalue weighted by Crippen LogP contribution is 2.40. The Kier molecular flexibility index (Phi) is 9.21. The highest BCUT2D eigenvalue weighted by atomic mass is 19.4. The van der Waals surface area contributed by atoms with Crippen molar-refractivity contribution < 1.29 is 39.5 Å². The molecule has 0 radical (unpaired) electrons. The number of hydrogen-bond acceptors (Lipinski definition) is 5. The van der Waals surface area contributed by atoms with E-state index in [1.165, 1.54) is 18.5 Å². The van der Waals surface area contributed by atoms with Crippen molar-refractivity contribution in [2.24, 2.45) is 7.05 Å². The van der Waals surface area contributed by atoms with Crippen molar-refractivity contribution in [1.29, 1.82) is 0 Å². The van der Waals surface area contributed by atoms with Crippen molar-refractivity contribution >= 4 is 11.6 Å². The van der Waals surface area contributed by atoms with Crippen molar-refractivity contribution in [3.8, 4) is 11.1 Å². The van der Waals surface area contributed by atoms with E-state index < -0.39 is 41.3 Å². The fraction of sp³-hybridized carbons (Fsp3) is 0.406. The summed E-state index contributed by atoms with van der Waals surface area (Å²) < 4.78 is 124. The second kappa shape index (κ2) is 12.7. The zero-order valence-corrected chi connectivity index (χ0v) is 25.5. The Morgan fingerprint density at radius 2 is 1.40 bits per heavy atom. The molecule has 2 aromatic heterocycles. The number of aromatic nitrogens is 4. The van der Waals surface area contributed by atoms with Gasteiger partial charge in [-0.3, -0.25) is 4.68 Å². The Morgan fingerprint density at radius 1 is 0.787 bits per heavy atom. The van der Waals surface area contributed by atoms with Gasteiger partial charge in [0.2, 0.25) is 5.95 Å². The molecule has 2 atom stereocenters. The van der Waals surface area contributed by atoms with Crippen molar-refractivity contribution in [3.05, 3.63) is 89.0 Å². The van der Waals surface area contributed by atoms with Gasteiger partial charge in [-0.15, -0.1) is 0 Å². The number of alkyl halides is 9. The Balaban J connectivity index is 1.56. The van der Waals surface area contributed by atoms with Gasteiger partial charge < -0.3 is 9.80 Å². The number of rotatable bonds is 8. The zero-order valence-electron chi connectivity index (χ0n) is 25.5. The summed E-state index contributed by atoms with van der Waals surface area (Å²) in [5.74, 6) is 0.0773. The summed E-state index contributed by atoms with van der Waals surface area (Å²) in [6.45, 7) is 3.47. The first kappa shape index (κ1) is 34.0. The van der Waals surface area contributed by atoms with E-state index in [2.05, 4.69) is 15.1 Å². The minimum absolute atomic E-state index is 0.0773. The highest BCUT2D eigenvalue weighted by Gasteiger charge is 2.40. The first-order valence-electron chi connectivity index (χ1n) is 14.8. The lowest BCUT2D eigenvalue weighted by Crippen LogP contribution is -2.38. The molecule has 0 amide bonds. The topological polar surface area (TPSA) is 50.1 Å². The van der Waals surface area contributed by atoms with Gasteiger partial charge in [-0.25, -0.2) is 9.97 Å². The molecule has 15 heteroatoms. The van der Waals surface area contributed by atoms with E-state index in [1.54, 1.807) is 35.9 Å². The molecule has 6 nitrogen and oxygen atoms in total. The number of halogens is 9. The van der Waals surface area contributed by atoms with Crippen LogP contribution in [0.1, 0.15) is 54.5 Å². The van der Waals surface area contributed by atoms with Crippen LogP contribution in [-0.4, -0.2) is 38.4 Å². The summed E-state index contributed by atoms with van der Waals surface area (Å²) in [5.41, 5.74) is -1.56. The largest absolute Gasteiger partial charge is 0.416 e. The standard InChI is InChI=1S/C32H31F9N6/c1-4-20-10-23(30(33,34)35)6-7-28(20)46-18-27(12-26(46)5-2)47(29-42-13-21(14-43-29)22-15-44-45(3)17-22)16-19-8-24(31(36,37)38)11-25(9-19)32(39,40)41/h6-11,13-15,17,26-27H,4-5,12,16,18H2,1-3H3/t26-,27+/m1/s1. The molecule has 0 bridgehead atoms. The molecular weight excluding hydrogens is 639 g/mol. The molecule has 0 N–H and O–H groups in total. The van der Waals surface area contributed by atoms with Gasteiger partial charge in [-0.2, -0.15) is 44.6 Å². The molecule has 4 aromatic rings. The lowest BCUT2D eigenvalue weighted by Gasteiger charge is -2.31. The van der Waals surface area contributed by atoms with E-state index >= 15 is 0 Å². The molecule has 1 saturated heterocycles. The van der Waals surface area contributed by atoms with Crippen LogP contribution in [0.5, 0.6) is 0 Å². The van der Waals surface area contributed by atoms with Gasteiger partial charge in [0.05, 0.1) is 28.9 Å². The summed E-state index contributed by atoms with van der Waals surface area (Å²) in [6.07, 6.45) is -6.99. The summed E-state index contributed by atoms with van der Waals surface area (Å²) in [6, 6.07) is 4.27. The monoisotopic (exact) mass is 670 g/mol. The number of aryl methyl sites for hydroxylation is 2. The summed E-state index contributed by atoms with van der Waals surface area (Å²) in [4.78, 5) is 12.4. The molecule has 1 fully saturated rings. The van der Waals surface area contributed by atoms with Gasteiger partial charge in [0.1, 0.15) is 0 Å². The fourth-order valence-electron chi connectivity index (χ4n) is 5.98. The van der Waals surface area contributed by atoms with Crippen LogP contribution in [0.25, 0.3) is 11.1 Å². The molecule has 1 aliphatic rings. The third-order valence-electron chi connectivity index (χ3n) is 8.34. The maximum Gasteiger partial charge on any atom is 0.416 e. The molecule has 2 aromatic carbocycles. The van der Waals surface area contributed by atoms with Gasteiger partial charge >= 0.3 is 18.5 Å². The van der Waals surface area contributed by atoms with Crippen LogP contribution >= 0.6 is 0 Å². The first-order valence-corrected chi connectivity index (χ1v) is 14.8. The maximum absolute atomic E-state index is 13.7. The molecule has 47 heavy (non-hydrogen) atoms. The van der Waals surface area contributed by atoms with E-state index in [0.717, 1.165) is 12.1 Å². The van der Waals surface area contributed by atoms with E-state index in [-0.39, 0.29) is 36.7 Å². The summed E-state index contributed by atoms with van der Waals surface area (Å²) >= 11 is 0. The van der Waals surface area contributed by atoms with Crippen molar-refractivity contribution in [3.63, 3.8) is 0 Å².